The molecule has 2 nitrogen and oxygen atoms in total. The molecule has 1 N–H and O–H groups in total. The first kappa shape index (κ1) is 12.9. The van der Waals surface area contributed by atoms with Gasteiger partial charge in [-0.25, -0.2) is 0 Å². The molecule has 1 aromatic rings. The van der Waals surface area contributed by atoms with Crippen molar-refractivity contribution in [3.05, 3.63) is 33.3 Å². The molecule has 1 saturated carbocycles. The molecule has 0 saturated heterocycles. The van der Waals surface area contributed by atoms with Crippen LogP contribution in [0.2, 0.25) is 5.02 Å². The Balaban J connectivity index is 2.17. The third kappa shape index (κ3) is 2.83. The van der Waals surface area contributed by atoms with Crippen molar-refractivity contribution in [3.8, 4) is 0 Å². The number of rotatable bonds is 2. The number of amides is 1. The SMILES string of the molecule is CC1(NC(=O)c2cccc(Br)c2Cl)CCCC1. The normalized spacial score (nSPS) is 18.1. The van der Waals surface area contributed by atoms with Gasteiger partial charge in [0.2, 0.25) is 0 Å². The maximum atomic E-state index is 12.2. The highest BCUT2D eigenvalue weighted by molar-refractivity contribution is 9.10. The van der Waals surface area contributed by atoms with Gasteiger partial charge in [0.15, 0.2) is 0 Å². The number of halogens is 2. The summed E-state index contributed by atoms with van der Waals surface area (Å²) in [5.41, 5.74) is 0.470. The molecule has 92 valence electrons. The largest absolute Gasteiger partial charge is 0.347 e. The molecular formula is C13H15BrClNO. The molecule has 2 rings (SSSR count). The predicted octanol–water partition coefficient (Wildman–Crippen LogP) is 4.17. The standard InChI is InChI=1S/C13H15BrClNO/c1-13(7-2-3-8-13)16-12(17)9-5-4-6-10(14)11(9)15/h4-6H,2-3,7-8H2,1H3,(H,16,17). The van der Waals surface area contributed by atoms with Crippen molar-refractivity contribution < 1.29 is 4.79 Å². The molecule has 0 unspecified atom stereocenters. The Kier molecular flexibility index (Phi) is 3.79. The van der Waals surface area contributed by atoms with Gasteiger partial charge in [0.05, 0.1) is 10.6 Å². The number of nitrogens with one attached hydrogen (secondary N) is 1. The van der Waals surface area contributed by atoms with Crippen LogP contribution in [0.15, 0.2) is 22.7 Å². The summed E-state index contributed by atoms with van der Waals surface area (Å²) in [7, 11) is 0. The molecule has 0 aromatic heterocycles. The van der Waals surface area contributed by atoms with Crippen LogP contribution in [0.3, 0.4) is 0 Å². The minimum atomic E-state index is -0.0827. The van der Waals surface area contributed by atoms with Gasteiger partial charge in [0.25, 0.3) is 5.91 Å². The second-order valence-electron chi connectivity index (χ2n) is 4.82. The summed E-state index contributed by atoms with van der Waals surface area (Å²) in [6.45, 7) is 2.10. The van der Waals surface area contributed by atoms with E-state index >= 15 is 0 Å². The quantitative estimate of drug-likeness (QED) is 0.872. The lowest BCUT2D eigenvalue weighted by atomic mass is 10.00. The number of hydrogen-bond acceptors (Lipinski definition) is 1. The molecule has 0 bridgehead atoms. The molecule has 0 radical (unpaired) electrons. The minimum Gasteiger partial charge on any atom is -0.347 e. The highest BCUT2D eigenvalue weighted by Gasteiger charge is 2.30. The third-order valence-electron chi connectivity index (χ3n) is 3.32. The third-order valence-corrected chi connectivity index (χ3v) is 4.61. The van der Waals surface area contributed by atoms with Gasteiger partial charge in [0.1, 0.15) is 0 Å². The number of carbonyl (C=O) groups is 1. The van der Waals surface area contributed by atoms with Crippen LogP contribution in [-0.2, 0) is 0 Å². The van der Waals surface area contributed by atoms with Crippen LogP contribution in [0.5, 0.6) is 0 Å². The Morgan fingerprint density at radius 2 is 2.06 bits per heavy atom. The zero-order valence-corrected chi connectivity index (χ0v) is 12.1. The van der Waals surface area contributed by atoms with E-state index in [9.17, 15) is 4.79 Å². The lowest BCUT2D eigenvalue weighted by Gasteiger charge is -2.25. The van der Waals surface area contributed by atoms with Crippen molar-refractivity contribution in [1.29, 1.82) is 0 Å². The molecule has 4 heteroatoms. The van der Waals surface area contributed by atoms with E-state index < -0.39 is 0 Å². The zero-order valence-electron chi connectivity index (χ0n) is 9.72. The minimum absolute atomic E-state index is 0.0667. The van der Waals surface area contributed by atoms with Crippen molar-refractivity contribution in [2.24, 2.45) is 0 Å². The van der Waals surface area contributed by atoms with Gasteiger partial charge in [-0.1, -0.05) is 30.5 Å². The Morgan fingerprint density at radius 3 is 2.71 bits per heavy atom. The monoisotopic (exact) mass is 315 g/mol. The molecule has 0 spiro atoms. The fourth-order valence-electron chi connectivity index (χ4n) is 2.30. The van der Waals surface area contributed by atoms with Gasteiger partial charge >= 0.3 is 0 Å². The summed E-state index contributed by atoms with van der Waals surface area (Å²) in [4.78, 5) is 12.2. The molecular weight excluding hydrogens is 302 g/mol. The van der Waals surface area contributed by atoms with Crippen LogP contribution >= 0.6 is 27.5 Å². The second-order valence-corrected chi connectivity index (χ2v) is 6.06. The maximum Gasteiger partial charge on any atom is 0.253 e. The van der Waals surface area contributed by atoms with E-state index in [4.69, 9.17) is 11.6 Å². The number of hydrogen-bond donors (Lipinski definition) is 1. The van der Waals surface area contributed by atoms with Gasteiger partial charge in [-0.15, -0.1) is 0 Å². The summed E-state index contributed by atoms with van der Waals surface area (Å²) in [5.74, 6) is -0.0827. The highest BCUT2D eigenvalue weighted by Crippen LogP contribution is 2.31. The fourth-order valence-corrected chi connectivity index (χ4v) is 2.88. The Morgan fingerprint density at radius 1 is 1.41 bits per heavy atom. The van der Waals surface area contributed by atoms with Gasteiger partial charge in [-0.2, -0.15) is 0 Å². The van der Waals surface area contributed by atoms with Crippen LogP contribution < -0.4 is 5.32 Å². The lowest BCUT2D eigenvalue weighted by Crippen LogP contribution is -2.43. The molecule has 1 aromatic carbocycles. The number of benzene rings is 1. The Labute approximate surface area is 115 Å². The smallest absolute Gasteiger partial charge is 0.253 e. The molecule has 0 atom stereocenters. The summed E-state index contributed by atoms with van der Waals surface area (Å²) in [6.07, 6.45) is 4.46. The van der Waals surface area contributed by atoms with E-state index in [-0.39, 0.29) is 11.4 Å². The van der Waals surface area contributed by atoms with Crippen LogP contribution in [0.1, 0.15) is 43.0 Å². The first-order valence-corrected chi connectivity index (χ1v) is 6.95. The van der Waals surface area contributed by atoms with Crippen molar-refractivity contribution in [2.45, 2.75) is 38.1 Å². The summed E-state index contributed by atoms with van der Waals surface area (Å²) in [5, 5.41) is 3.57. The van der Waals surface area contributed by atoms with E-state index in [0.29, 0.717) is 10.6 Å². The van der Waals surface area contributed by atoms with E-state index in [0.717, 1.165) is 17.3 Å². The van der Waals surface area contributed by atoms with E-state index in [1.807, 2.05) is 12.1 Å². The van der Waals surface area contributed by atoms with Crippen molar-refractivity contribution in [1.82, 2.24) is 5.32 Å². The van der Waals surface area contributed by atoms with Crippen molar-refractivity contribution in [3.63, 3.8) is 0 Å². The molecule has 17 heavy (non-hydrogen) atoms. The summed E-state index contributed by atoms with van der Waals surface area (Å²) in [6, 6.07) is 5.40. The van der Waals surface area contributed by atoms with E-state index in [1.54, 1.807) is 6.07 Å². The molecule has 0 aliphatic heterocycles. The average Bonchev–Trinajstić information content (AvgIpc) is 2.68. The first-order valence-electron chi connectivity index (χ1n) is 5.78. The van der Waals surface area contributed by atoms with Gasteiger partial charge in [-0.3, -0.25) is 4.79 Å². The van der Waals surface area contributed by atoms with Gasteiger partial charge in [-0.05, 0) is 47.8 Å². The fraction of sp³-hybridized carbons (Fsp3) is 0.462. The summed E-state index contributed by atoms with van der Waals surface area (Å²) >= 11 is 9.44. The lowest BCUT2D eigenvalue weighted by molar-refractivity contribution is 0.0908. The molecule has 1 aliphatic rings. The van der Waals surface area contributed by atoms with Gasteiger partial charge in [0, 0.05) is 10.0 Å². The van der Waals surface area contributed by atoms with Crippen LogP contribution in [0, 0.1) is 0 Å². The predicted molar refractivity (Wildman–Crippen MR) is 73.5 cm³/mol. The zero-order chi connectivity index (χ0) is 12.5. The van der Waals surface area contributed by atoms with Crippen LogP contribution in [-0.4, -0.2) is 11.4 Å². The van der Waals surface area contributed by atoms with E-state index in [1.165, 1.54) is 12.8 Å². The molecule has 1 amide bonds. The van der Waals surface area contributed by atoms with E-state index in [2.05, 4.69) is 28.2 Å². The van der Waals surface area contributed by atoms with Crippen LogP contribution in [0.4, 0.5) is 0 Å². The number of carbonyl (C=O) groups excluding carboxylic acids is 1. The Bertz CT molecular complexity index is 441. The molecule has 0 heterocycles. The average molecular weight is 317 g/mol. The topological polar surface area (TPSA) is 29.1 Å². The highest BCUT2D eigenvalue weighted by atomic mass is 79.9. The summed E-state index contributed by atoms with van der Waals surface area (Å²) < 4.78 is 0.753. The van der Waals surface area contributed by atoms with Crippen molar-refractivity contribution in [2.75, 3.05) is 0 Å². The Hall–Kier alpha value is -0.540. The maximum absolute atomic E-state index is 12.2. The van der Waals surface area contributed by atoms with Gasteiger partial charge < -0.3 is 5.32 Å². The second kappa shape index (κ2) is 4.99. The first-order chi connectivity index (χ1) is 8.02. The van der Waals surface area contributed by atoms with Crippen LogP contribution in [0.25, 0.3) is 0 Å². The molecule has 1 aliphatic carbocycles. The van der Waals surface area contributed by atoms with Crippen molar-refractivity contribution >= 4 is 33.4 Å². The molecule has 1 fully saturated rings.